The normalized spacial score (nSPS) is 17.8. The maximum atomic E-state index is 5.75. The highest BCUT2D eigenvalue weighted by atomic mass is 32.1. The molecule has 1 aliphatic carbocycles. The van der Waals surface area contributed by atoms with E-state index in [4.69, 9.17) is 5.73 Å². The van der Waals surface area contributed by atoms with Crippen molar-refractivity contribution in [2.75, 3.05) is 0 Å². The van der Waals surface area contributed by atoms with E-state index in [9.17, 15) is 0 Å². The van der Waals surface area contributed by atoms with Crippen molar-refractivity contribution in [3.8, 4) is 0 Å². The molecule has 0 aliphatic heterocycles. The summed E-state index contributed by atoms with van der Waals surface area (Å²) >= 11 is 1.97. The molecule has 0 saturated heterocycles. The summed E-state index contributed by atoms with van der Waals surface area (Å²) in [5.74, 6) is 0. The smallest absolute Gasteiger partial charge is 0.00802 e. The SMILES string of the molecule is C[C@@H](N)Cc1cc2c(s1)CCC2. The van der Waals surface area contributed by atoms with Crippen LogP contribution >= 0.6 is 11.3 Å². The van der Waals surface area contributed by atoms with Crippen LogP contribution in [0, 0.1) is 0 Å². The van der Waals surface area contributed by atoms with E-state index in [1.54, 1.807) is 10.4 Å². The molecule has 0 amide bonds. The Hall–Kier alpha value is -0.340. The van der Waals surface area contributed by atoms with E-state index in [1.807, 2.05) is 11.3 Å². The Morgan fingerprint density at radius 3 is 3.08 bits per heavy atom. The molecule has 1 aliphatic rings. The summed E-state index contributed by atoms with van der Waals surface area (Å²) in [6.45, 7) is 2.07. The zero-order valence-corrected chi connectivity index (χ0v) is 8.29. The lowest BCUT2D eigenvalue weighted by molar-refractivity contribution is 0.746. The third-order valence-electron chi connectivity index (χ3n) is 2.32. The van der Waals surface area contributed by atoms with E-state index in [0.717, 1.165) is 6.42 Å². The van der Waals surface area contributed by atoms with Gasteiger partial charge in [-0.1, -0.05) is 0 Å². The number of hydrogen-bond acceptors (Lipinski definition) is 2. The largest absolute Gasteiger partial charge is 0.328 e. The molecular formula is C10H15NS. The lowest BCUT2D eigenvalue weighted by Crippen LogP contribution is -2.16. The first-order chi connectivity index (χ1) is 5.75. The summed E-state index contributed by atoms with van der Waals surface area (Å²) < 4.78 is 0. The van der Waals surface area contributed by atoms with Crippen LogP contribution in [0.1, 0.15) is 28.7 Å². The van der Waals surface area contributed by atoms with E-state index >= 15 is 0 Å². The minimum absolute atomic E-state index is 0.309. The van der Waals surface area contributed by atoms with Gasteiger partial charge in [-0.25, -0.2) is 0 Å². The number of nitrogens with two attached hydrogens (primary N) is 1. The lowest BCUT2D eigenvalue weighted by atomic mass is 10.2. The number of thiophene rings is 1. The quantitative estimate of drug-likeness (QED) is 0.743. The molecular weight excluding hydrogens is 166 g/mol. The Labute approximate surface area is 77.6 Å². The topological polar surface area (TPSA) is 26.0 Å². The van der Waals surface area contributed by atoms with Crippen LogP contribution in [0.15, 0.2) is 6.07 Å². The fraction of sp³-hybridized carbons (Fsp3) is 0.600. The van der Waals surface area contributed by atoms with Gasteiger partial charge in [-0.3, -0.25) is 0 Å². The van der Waals surface area contributed by atoms with Crippen LogP contribution in [-0.4, -0.2) is 6.04 Å². The molecule has 1 aromatic heterocycles. The van der Waals surface area contributed by atoms with E-state index in [2.05, 4.69) is 13.0 Å². The Kier molecular flexibility index (Phi) is 2.20. The van der Waals surface area contributed by atoms with Crippen LogP contribution < -0.4 is 5.73 Å². The highest BCUT2D eigenvalue weighted by Crippen LogP contribution is 2.30. The number of aryl methyl sites for hydroxylation is 2. The Morgan fingerprint density at radius 2 is 2.42 bits per heavy atom. The van der Waals surface area contributed by atoms with Crippen molar-refractivity contribution in [3.63, 3.8) is 0 Å². The third-order valence-corrected chi connectivity index (χ3v) is 3.58. The maximum Gasteiger partial charge on any atom is 0.00802 e. The van der Waals surface area contributed by atoms with E-state index < -0.39 is 0 Å². The molecule has 0 fully saturated rings. The summed E-state index contributed by atoms with van der Waals surface area (Å²) in [6, 6.07) is 2.67. The van der Waals surface area contributed by atoms with Crippen molar-refractivity contribution in [2.24, 2.45) is 5.73 Å². The number of fused-ring (bicyclic) bond motifs is 1. The predicted molar refractivity (Wildman–Crippen MR) is 53.7 cm³/mol. The highest BCUT2D eigenvalue weighted by Gasteiger charge is 2.14. The number of hydrogen-bond donors (Lipinski definition) is 1. The summed E-state index contributed by atoms with van der Waals surface area (Å²) in [7, 11) is 0. The Balaban J connectivity index is 2.15. The van der Waals surface area contributed by atoms with Gasteiger partial charge in [-0.05, 0) is 44.2 Å². The average Bonchev–Trinajstić information content (AvgIpc) is 2.43. The molecule has 1 nitrogen and oxygen atoms in total. The van der Waals surface area contributed by atoms with Gasteiger partial charge in [0, 0.05) is 15.8 Å². The molecule has 0 radical (unpaired) electrons. The molecule has 0 saturated carbocycles. The molecule has 1 atom stereocenters. The minimum Gasteiger partial charge on any atom is -0.328 e. The lowest BCUT2D eigenvalue weighted by Gasteiger charge is -2.00. The van der Waals surface area contributed by atoms with Gasteiger partial charge in [0.2, 0.25) is 0 Å². The first kappa shape index (κ1) is 8.27. The van der Waals surface area contributed by atoms with Crippen molar-refractivity contribution < 1.29 is 0 Å². The zero-order chi connectivity index (χ0) is 8.55. The molecule has 1 heterocycles. The fourth-order valence-electron chi connectivity index (χ4n) is 1.81. The summed E-state index contributed by atoms with van der Waals surface area (Å²) in [6.07, 6.45) is 5.01. The number of rotatable bonds is 2. The van der Waals surface area contributed by atoms with Crippen LogP contribution in [0.4, 0.5) is 0 Å². The maximum absolute atomic E-state index is 5.75. The second-order valence-electron chi connectivity index (χ2n) is 3.70. The van der Waals surface area contributed by atoms with Crippen molar-refractivity contribution >= 4 is 11.3 Å². The summed E-state index contributed by atoms with van der Waals surface area (Å²) in [5, 5.41) is 0. The molecule has 0 bridgehead atoms. The fourth-order valence-corrected chi connectivity index (χ4v) is 3.21. The third kappa shape index (κ3) is 1.54. The molecule has 0 unspecified atom stereocenters. The first-order valence-electron chi connectivity index (χ1n) is 4.62. The summed E-state index contributed by atoms with van der Waals surface area (Å²) in [4.78, 5) is 3.10. The molecule has 0 aromatic carbocycles. The molecule has 0 spiro atoms. The van der Waals surface area contributed by atoms with Gasteiger partial charge >= 0.3 is 0 Å². The van der Waals surface area contributed by atoms with Gasteiger partial charge in [0.05, 0.1) is 0 Å². The molecule has 2 N–H and O–H groups in total. The van der Waals surface area contributed by atoms with Gasteiger partial charge in [0.1, 0.15) is 0 Å². The van der Waals surface area contributed by atoms with Crippen LogP contribution in [0.25, 0.3) is 0 Å². The van der Waals surface area contributed by atoms with Crippen molar-refractivity contribution in [1.82, 2.24) is 0 Å². The van der Waals surface area contributed by atoms with Gasteiger partial charge in [-0.2, -0.15) is 0 Å². The predicted octanol–water partition coefficient (Wildman–Crippen LogP) is 2.13. The average molecular weight is 181 g/mol. The van der Waals surface area contributed by atoms with Crippen LogP contribution in [0.2, 0.25) is 0 Å². The van der Waals surface area contributed by atoms with Gasteiger partial charge in [0.15, 0.2) is 0 Å². The second-order valence-corrected chi connectivity index (χ2v) is 4.92. The van der Waals surface area contributed by atoms with E-state index in [-0.39, 0.29) is 0 Å². The van der Waals surface area contributed by atoms with E-state index in [0.29, 0.717) is 6.04 Å². The van der Waals surface area contributed by atoms with Crippen LogP contribution in [-0.2, 0) is 19.3 Å². The molecule has 12 heavy (non-hydrogen) atoms. The van der Waals surface area contributed by atoms with E-state index in [1.165, 1.54) is 24.1 Å². The van der Waals surface area contributed by atoms with Gasteiger partial charge in [-0.15, -0.1) is 11.3 Å². The summed E-state index contributed by atoms with van der Waals surface area (Å²) in [5.41, 5.74) is 7.34. The second kappa shape index (κ2) is 3.19. The Morgan fingerprint density at radius 1 is 1.58 bits per heavy atom. The minimum atomic E-state index is 0.309. The van der Waals surface area contributed by atoms with Crippen molar-refractivity contribution in [2.45, 2.75) is 38.6 Å². The monoisotopic (exact) mass is 181 g/mol. The first-order valence-corrected chi connectivity index (χ1v) is 5.43. The standard InChI is InChI=1S/C10H15NS/c1-7(11)5-9-6-8-3-2-4-10(8)12-9/h6-7H,2-5,11H2,1H3/t7-/m1/s1. The molecule has 2 heteroatoms. The van der Waals surface area contributed by atoms with Crippen LogP contribution in [0.5, 0.6) is 0 Å². The van der Waals surface area contributed by atoms with Crippen LogP contribution in [0.3, 0.4) is 0 Å². The molecule has 2 rings (SSSR count). The van der Waals surface area contributed by atoms with Gasteiger partial charge < -0.3 is 5.73 Å². The van der Waals surface area contributed by atoms with Crippen molar-refractivity contribution in [3.05, 3.63) is 21.4 Å². The van der Waals surface area contributed by atoms with Gasteiger partial charge in [0.25, 0.3) is 0 Å². The Bertz CT molecular complexity index is 254. The highest BCUT2D eigenvalue weighted by molar-refractivity contribution is 7.12. The van der Waals surface area contributed by atoms with Crippen molar-refractivity contribution in [1.29, 1.82) is 0 Å². The molecule has 1 aromatic rings. The molecule has 66 valence electrons. The zero-order valence-electron chi connectivity index (χ0n) is 7.47.